The Morgan fingerprint density at radius 1 is 1.09 bits per heavy atom. The molecule has 180 valence electrons. The Hall–Kier alpha value is -1.42. The predicted molar refractivity (Wildman–Crippen MR) is 131 cm³/mol. The predicted octanol–water partition coefficient (Wildman–Crippen LogP) is 6.69. The van der Waals surface area contributed by atoms with Gasteiger partial charge in [-0.1, -0.05) is 60.6 Å². The van der Waals surface area contributed by atoms with Crippen LogP contribution in [0.3, 0.4) is 0 Å². The number of nitrogens with zero attached hydrogens (tertiary/aromatic N) is 2. The van der Waals surface area contributed by atoms with Crippen molar-refractivity contribution in [1.82, 2.24) is 9.80 Å². The number of hydrogen-bond donors (Lipinski definition) is 0. The second kappa shape index (κ2) is 9.44. The molecule has 2 fully saturated rings. The minimum absolute atomic E-state index is 0.0191. The number of piperidine rings is 1. The quantitative estimate of drug-likeness (QED) is 0.468. The maximum atomic E-state index is 13.6. The molecule has 1 unspecified atom stereocenters. The van der Waals surface area contributed by atoms with Gasteiger partial charge in [-0.25, -0.2) is 4.39 Å². The fraction of sp³-hybridized carbons (Fsp3) is 0.750. The van der Waals surface area contributed by atoms with E-state index in [4.69, 9.17) is 0 Å². The number of halogens is 1. The van der Waals surface area contributed by atoms with Crippen molar-refractivity contribution in [3.05, 3.63) is 35.6 Å². The van der Waals surface area contributed by atoms with Crippen molar-refractivity contribution in [2.75, 3.05) is 26.2 Å². The molecule has 0 aliphatic carbocycles. The zero-order valence-electron chi connectivity index (χ0n) is 21.5. The van der Waals surface area contributed by atoms with Gasteiger partial charge in [0.15, 0.2) is 0 Å². The summed E-state index contributed by atoms with van der Waals surface area (Å²) in [4.78, 5) is 17.8. The van der Waals surface area contributed by atoms with Crippen LogP contribution in [0.2, 0.25) is 0 Å². The molecule has 0 aromatic heterocycles. The summed E-state index contributed by atoms with van der Waals surface area (Å²) in [6, 6.07) is 7.47. The third kappa shape index (κ3) is 6.12. The highest BCUT2D eigenvalue weighted by Crippen LogP contribution is 2.55. The number of benzene rings is 1. The average molecular weight is 445 g/mol. The lowest BCUT2D eigenvalue weighted by Gasteiger charge is -2.61. The molecule has 2 saturated heterocycles. The van der Waals surface area contributed by atoms with Crippen molar-refractivity contribution >= 4 is 5.91 Å². The molecule has 4 heteroatoms. The first kappa shape index (κ1) is 25.2. The Bertz CT molecular complexity index is 770. The van der Waals surface area contributed by atoms with Crippen LogP contribution in [0.1, 0.15) is 92.2 Å². The number of likely N-dealkylation sites (tertiary alicyclic amines) is 2. The van der Waals surface area contributed by atoms with Crippen molar-refractivity contribution in [3.8, 4) is 0 Å². The largest absolute Gasteiger partial charge is 0.343 e. The molecule has 32 heavy (non-hydrogen) atoms. The van der Waals surface area contributed by atoms with Gasteiger partial charge in [-0.15, -0.1) is 0 Å². The molecule has 1 amide bonds. The summed E-state index contributed by atoms with van der Waals surface area (Å²) in [5.74, 6) is 0.814. The normalized spacial score (nSPS) is 21.8. The van der Waals surface area contributed by atoms with E-state index in [0.29, 0.717) is 24.3 Å². The molecule has 3 rings (SSSR count). The fourth-order valence-corrected chi connectivity index (χ4v) is 6.35. The Morgan fingerprint density at radius 3 is 2.22 bits per heavy atom. The van der Waals surface area contributed by atoms with E-state index in [0.717, 1.165) is 45.4 Å². The van der Waals surface area contributed by atoms with Crippen molar-refractivity contribution in [2.45, 2.75) is 86.6 Å². The highest BCUT2D eigenvalue weighted by atomic mass is 19.1. The monoisotopic (exact) mass is 444 g/mol. The molecule has 2 aliphatic rings. The van der Waals surface area contributed by atoms with Gasteiger partial charge in [-0.3, -0.25) is 9.69 Å². The standard InChI is InChI=1S/C28H45FN2O/c1-21(2)12-15-31-20-28(25(31)22-8-10-23(29)11-9-22)13-16-30(17-14-28)24(32)18-27(6,7)19-26(3,4)5/h8-11,21,25H,12-20H2,1-7H3. The summed E-state index contributed by atoms with van der Waals surface area (Å²) in [6.07, 6.45) is 4.93. The van der Waals surface area contributed by atoms with Gasteiger partial charge in [0.05, 0.1) is 0 Å². The van der Waals surface area contributed by atoms with Gasteiger partial charge in [-0.2, -0.15) is 0 Å². The van der Waals surface area contributed by atoms with Gasteiger partial charge in [0.2, 0.25) is 5.91 Å². The molecule has 0 saturated carbocycles. The number of amides is 1. The minimum Gasteiger partial charge on any atom is -0.343 e. The molecule has 0 N–H and O–H groups in total. The smallest absolute Gasteiger partial charge is 0.223 e. The SMILES string of the molecule is CC(C)CCN1CC2(CCN(C(=O)CC(C)(C)CC(C)(C)C)CC2)C1c1ccc(F)cc1. The third-order valence-corrected chi connectivity index (χ3v) is 7.39. The van der Waals surface area contributed by atoms with Gasteiger partial charge in [-0.05, 0) is 66.7 Å². The van der Waals surface area contributed by atoms with Crippen molar-refractivity contribution in [3.63, 3.8) is 0 Å². The van der Waals surface area contributed by atoms with Crippen molar-refractivity contribution in [2.24, 2.45) is 22.2 Å². The summed E-state index contributed by atoms with van der Waals surface area (Å²) in [5, 5.41) is 0. The molecule has 3 nitrogen and oxygen atoms in total. The van der Waals surface area contributed by atoms with Crippen LogP contribution < -0.4 is 0 Å². The molecule has 1 atom stereocenters. The minimum atomic E-state index is -0.172. The summed E-state index contributed by atoms with van der Waals surface area (Å²) in [6.45, 7) is 19.6. The summed E-state index contributed by atoms with van der Waals surface area (Å²) >= 11 is 0. The van der Waals surface area contributed by atoms with Crippen LogP contribution in [-0.2, 0) is 4.79 Å². The Labute approximate surface area is 195 Å². The zero-order valence-corrected chi connectivity index (χ0v) is 21.5. The fourth-order valence-electron chi connectivity index (χ4n) is 6.35. The van der Waals surface area contributed by atoms with Crippen LogP contribution in [0.15, 0.2) is 24.3 Å². The molecule has 2 aliphatic heterocycles. The topological polar surface area (TPSA) is 23.6 Å². The number of hydrogen-bond acceptors (Lipinski definition) is 2. The Morgan fingerprint density at radius 2 is 1.69 bits per heavy atom. The van der Waals surface area contributed by atoms with Crippen LogP contribution >= 0.6 is 0 Å². The first-order chi connectivity index (χ1) is 14.8. The second-order valence-electron chi connectivity index (χ2n) is 12.9. The second-order valence-corrected chi connectivity index (χ2v) is 12.9. The molecule has 1 aromatic rings. The lowest BCUT2D eigenvalue weighted by atomic mass is 9.63. The lowest BCUT2D eigenvalue weighted by Crippen LogP contribution is -2.62. The molecule has 0 bridgehead atoms. The Kier molecular flexibility index (Phi) is 7.44. The van der Waals surface area contributed by atoms with Crippen LogP contribution in [0.5, 0.6) is 0 Å². The van der Waals surface area contributed by atoms with Gasteiger partial charge in [0.1, 0.15) is 5.82 Å². The van der Waals surface area contributed by atoms with Crippen LogP contribution in [0.25, 0.3) is 0 Å². The maximum absolute atomic E-state index is 13.6. The molecule has 1 spiro atoms. The van der Waals surface area contributed by atoms with Crippen LogP contribution in [0, 0.1) is 28.0 Å². The summed E-state index contributed by atoms with van der Waals surface area (Å²) in [5.41, 5.74) is 1.69. The first-order valence-corrected chi connectivity index (χ1v) is 12.6. The van der Waals surface area contributed by atoms with Crippen LogP contribution in [0.4, 0.5) is 4.39 Å². The third-order valence-electron chi connectivity index (χ3n) is 7.39. The van der Waals surface area contributed by atoms with Gasteiger partial charge in [0.25, 0.3) is 0 Å². The molecule has 2 heterocycles. The van der Waals surface area contributed by atoms with E-state index >= 15 is 0 Å². The highest BCUT2D eigenvalue weighted by molar-refractivity contribution is 5.77. The average Bonchev–Trinajstić information content (AvgIpc) is 2.64. The highest BCUT2D eigenvalue weighted by Gasteiger charge is 2.54. The van der Waals surface area contributed by atoms with E-state index in [1.54, 1.807) is 12.1 Å². The van der Waals surface area contributed by atoms with Crippen molar-refractivity contribution < 1.29 is 9.18 Å². The Balaban J connectivity index is 1.65. The van der Waals surface area contributed by atoms with Gasteiger partial charge >= 0.3 is 0 Å². The van der Waals surface area contributed by atoms with E-state index < -0.39 is 0 Å². The summed E-state index contributed by atoms with van der Waals surface area (Å²) < 4.78 is 13.6. The van der Waals surface area contributed by atoms with Crippen molar-refractivity contribution in [1.29, 1.82) is 0 Å². The first-order valence-electron chi connectivity index (χ1n) is 12.6. The number of carbonyl (C=O) groups is 1. The zero-order chi connectivity index (χ0) is 23.7. The molecule has 1 aromatic carbocycles. The van der Waals surface area contributed by atoms with Gasteiger partial charge in [0, 0.05) is 37.5 Å². The molecular weight excluding hydrogens is 399 g/mol. The number of rotatable bonds is 7. The number of carbonyl (C=O) groups excluding carboxylic acids is 1. The van der Waals surface area contributed by atoms with E-state index in [2.05, 4.69) is 58.3 Å². The molecule has 0 radical (unpaired) electrons. The summed E-state index contributed by atoms with van der Waals surface area (Å²) in [7, 11) is 0. The van der Waals surface area contributed by atoms with E-state index in [1.165, 1.54) is 12.0 Å². The van der Waals surface area contributed by atoms with E-state index in [9.17, 15) is 9.18 Å². The van der Waals surface area contributed by atoms with E-state index in [1.807, 2.05) is 12.1 Å². The van der Waals surface area contributed by atoms with E-state index in [-0.39, 0.29) is 22.1 Å². The van der Waals surface area contributed by atoms with Gasteiger partial charge < -0.3 is 4.90 Å². The maximum Gasteiger partial charge on any atom is 0.223 e. The molecular formula is C28H45FN2O. The lowest BCUT2D eigenvalue weighted by molar-refractivity contribution is -0.145. The van der Waals surface area contributed by atoms with Crippen LogP contribution in [-0.4, -0.2) is 41.9 Å².